The van der Waals surface area contributed by atoms with E-state index in [-0.39, 0.29) is 12.5 Å². The van der Waals surface area contributed by atoms with Crippen molar-refractivity contribution in [3.05, 3.63) is 72.2 Å². The van der Waals surface area contributed by atoms with E-state index in [4.69, 9.17) is 0 Å². The molecule has 1 saturated heterocycles. The Hall–Kier alpha value is -2.79. The topological polar surface area (TPSA) is 66.3 Å². The van der Waals surface area contributed by atoms with Crippen LogP contribution in [0.3, 0.4) is 0 Å². The number of likely N-dealkylation sites (tertiary alicyclic amines) is 1. The van der Waals surface area contributed by atoms with Gasteiger partial charge in [0.2, 0.25) is 0 Å². The molecule has 0 bridgehead atoms. The molecule has 2 aromatic heterocycles. The fraction of sp³-hybridized carbons (Fsp3) is 0.286. The van der Waals surface area contributed by atoms with Gasteiger partial charge in [0.1, 0.15) is 5.52 Å². The first-order valence-electron chi connectivity index (χ1n) is 8.89. The van der Waals surface area contributed by atoms with Gasteiger partial charge in [0.25, 0.3) is 5.91 Å². The molecule has 1 aromatic carbocycles. The number of amides is 1. The second kappa shape index (κ2) is 6.84. The molecule has 0 aliphatic carbocycles. The largest absolute Gasteiger partial charge is 0.395 e. The molecule has 1 fully saturated rings. The van der Waals surface area contributed by atoms with Crippen molar-refractivity contribution in [3.8, 4) is 0 Å². The number of aromatic nitrogens is 2. The van der Waals surface area contributed by atoms with E-state index in [0.29, 0.717) is 24.3 Å². The lowest BCUT2D eigenvalue weighted by atomic mass is 9.74. The van der Waals surface area contributed by atoms with Gasteiger partial charge in [-0.15, -0.1) is 0 Å². The van der Waals surface area contributed by atoms with E-state index in [9.17, 15) is 9.90 Å². The van der Waals surface area contributed by atoms with Gasteiger partial charge in [0.15, 0.2) is 5.69 Å². The summed E-state index contributed by atoms with van der Waals surface area (Å²) in [6.45, 7) is 1.16. The minimum atomic E-state index is -0.423. The van der Waals surface area contributed by atoms with E-state index in [1.54, 1.807) is 12.4 Å². The molecule has 26 heavy (non-hydrogen) atoms. The maximum Gasteiger partial charge on any atom is 0.274 e. The van der Waals surface area contributed by atoms with Gasteiger partial charge < -0.3 is 10.0 Å². The predicted molar refractivity (Wildman–Crippen MR) is 99.9 cm³/mol. The number of hydrogen-bond donors (Lipinski definition) is 1. The van der Waals surface area contributed by atoms with Crippen molar-refractivity contribution < 1.29 is 9.90 Å². The van der Waals surface area contributed by atoms with Crippen molar-refractivity contribution in [2.45, 2.75) is 18.3 Å². The zero-order valence-corrected chi connectivity index (χ0v) is 14.5. The van der Waals surface area contributed by atoms with Gasteiger partial charge in [-0.2, -0.15) is 0 Å². The predicted octanol–water partition coefficient (Wildman–Crippen LogP) is 2.80. The van der Waals surface area contributed by atoms with Crippen LogP contribution in [0.1, 0.15) is 28.9 Å². The molecule has 132 valence electrons. The van der Waals surface area contributed by atoms with Crippen molar-refractivity contribution in [1.82, 2.24) is 14.9 Å². The summed E-state index contributed by atoms with van der Waals surface area (Å²) in [4.78, 5) is 23.7. The molecule has 0 spiro atoms. The van der Waals surface area contributed by atoms with Crippen LogP contribution >= 0.6 is 0 Å². The molecule has 0 saturated carbocycles. The number of nitrogens with zero attached hydrogens (tertiary/aromatic N) is 3. The summed E-state index contributed by atoms with van der Waals surface area (Å²) >= 11 is 0. The van der Waals surface area contributed by atoms with Crippen LogP contribution < -0.4 is 0 Å². The Morgan fingerprint density at radius 1 is 1.08 bits per heavy atom. The summed E-state index contributed by atoms with van der Waals surface area (Å²) in [7, 11) is 0. The molecule has 1 aliphatic heterocycles. The Labute approximate surface area is 152 Å². The Morgan fingerprint density at radius 3 is 2.73 bits per heavy atom. The number of fused-ring (bicyclic) bond motifs is 1. The van der Waals surface area contributed by atoms with Crippen molar-refractivity contribution in [2.24, 2.45) is 0 Å². The maximum absolute atomic E-state index is 13.2. The van der Waals surface area contributed by atoms with Crippen molar-refractivity contribution in [2.75, 3.05) is 19.7 Å². The maximum atomic E-state index is 13.2. The lowest BCUT2D eigenvalue weighted by Crippen LogP contribution is -2.50. The summed E-state index contributed by atoms with van der Waals surface area (Å²) in [5, 5.41) is 11.1. The smallest absolute Gasteiger partial charge is 0.274 e. The SMILES string of the molecule is O=C(c1nccc2cccnc12)N1CCCC(CO)(c2ccccc2)C1. The fourth-order valence-electron chi connectivity index (χ4n) is 3.86. The summed E-state index contributed by atoms with van der Waals surface area (Å²) in [6, 6.07) is 15.6. The Kier molecular flexibility index (Phi) is 4.39. The van der Waals surface area contributed by atoms with Gasteiger partial charge in [-0.3, -0.25) is 9.78 Å². The number of piperidine rings is 1. The highest BCUT2D eigenvalue weighted by Gasteiger charge is 2.38. The molecule has 0 radical (unpaired) electrons. The standard InChI is InChI=1S/C21H21N3O2/c25-15-21(17-7-2-1-3-8-17)10-5-13-24(14-21)20(26)19-18-16(9-12-23-19)6-4-11-22-18/h1-4,6-9,11-12,25H,5,10,13-15H2. The van der Waals surface area contributed by atoms with Crippen LogP contribution in [0.2, 0.25) is 0 Å². The third kappa shape index (κ3) is 2.84. The molecular weight excluding hydrogens is 326 g/mol. The first kappa shape index (κ1) is 16.7. The molecule has 3 aromatic rings. The quantitative estimate of drug-likeness (QED) is 0.791. The lowest BCUT2D eigenvalue weighted by molar-refractivity contribution is 0.0539. The Morgan fingerprint density at radius 2 is 1.92 bits per heavy atom. The molecule has 4 rings (SSSR count). The minimum Gasteiger partial charge on any atom is -0.395 e. The second-order valence-electron chi connectivity index (χ2n) is 6.87. The van der Waals surface area contributed by atoms with Gasteiger partial charge in [0.05, 0.1) is 6.61 Å². The normalized spacial score (nSPS) is 20.3. The van der Waals surface area contributed by atoms with Crippen LogP contribution in [0.15, 0.2) is 60.9 Å². The highest BCUT2D eigenvalue weighted by Crippen LogP contribution is 2.34. The molecule has 5 nitrogen and oxygen atoms in total. The highest BCUT2D eigenvalue weighted by atomic mass is 16.3. The first-order chi connectivity index (χ1) is 12.7. The van der Waals surface area contributed by atoms with Gasteiger partial charge >= 0.3 is 0 Å². The fourth-order valence-corrected chi connectivity index (χ4v) is 3.86. The average Bonchev–Trinajstić information content (AvgIpc) is 2.73. The highest BCUT2D eigenvalue weighted by molar-refractivity contribution is 6.03. The van der Waals surface area contributed by atoms with Crippen LogP contribution in [-0.4, -0.2) is 45.6 Å². The third-order valence-corrected chi connectivity index (χ3v) is 5.28. The van der Waals surface area contributed by atoms with Gasteiger partial charge in [0, 0.05) is 36.3 Å². The number of aliphatic hydroxyl groups is 1. The number of carbonyl (C=O) groups is 1. The van der Waals surface area contributed by atoms with Crippen LogP contribution in [0.4, 0.5) is 0 Å². The third-order valence-electron chi connectivity index (χ3n) is 5.28. The van der Waals surface area contributed by atoms with E-state index in [2.05, 4.69) is 9.97 Å². The first-order valence-corrected chi connectivity index (χ1v) is 8.89. The molecule has 1 atom stereocenters. The Bertz CT molecular complexity index is 923. The molecule has 1 unspecified atom stereocenters. The van der Waals surface area contributed by atoms with Crippen LogP contribution in [0, 0.1) is 0 Å². The molecule has 3 heterocycles. The van der Waals surface area contributed by atoms with Crippen molar-refractivity contribution in [1.29, 1.82) is 0 Å². The van der Waals surface area contributed by atoms with E-state index in [1.807, 2.05) is 53.4 Å². The van der Waals surface area contributed by atoms with E-state index >= 15 is 0 Å². The van der Waals surface area contributed by atoms with E-state index in [0.717, 1.165) is 23.8 Å². The van der Waals surface area contributed by atoms with E-state index in [1.165, 1.54) is 0 Å². The summed E-state index contributed by atoms with van der Waals surface area (Å²) < 4.78 is 0. The number of carbonyl (C=O) groups excluding carboxylic acids is 1. The average molecular weight is 347 g/mol. The number of pyridine rings is 2. The number of rotatable bonds is 3. The summed E-state index contributed by atoms with van der Waals surface area (Å²) in [6.07, 6.45) is 5.04. The molecular formula is C21H21N3O2. The molecule has 1 aliphatic rings. The molecule has 1 amide bonds. The number of aliphatic hydroxyl groups excluding tert-OH is 1. The van der Waals surface area contributed by atoms with Crippen molar-refractivity contribution in [3.63, 3.8) is 0 Å². The van der Waals surface area contributed by atoms with Crippen LogP contribution in [0.5, 0.6) is 0 Å². The number of benzene rings is 1. The monoisotopic (exact) mass is 347 g/mol. The van der Waals surface area contributed by atoms with Crippen molar-refractivity contribution >= 4 is 16.8 Å². The van der Waals surface area contributed by atoms with Gasteiger partial charge in [-0.1, -0.05) is 36.4 Å². The lowest BCUT2D eigenvalue weighted by Gasteiger charge is -2.42. The molecule has 5 heteroatoms. The molecule has 1 N–H and O–H groups in total. The zero-order valence-electron chi connectivity index (χ0n) is 14.5. The van der Waals surface area contributed by atoms with E-state index < -0.39 is 5.41 Å². The van der Waals surface area contributed by atoms with Gasteiger partial charge in [-0.05, 0) is 30.5 Å². The second-order valence-corrected chi connectivity index (χ2v) is 6.87. The Balaban J connectivity index is 1.68. The zero-order chi connectivity index (χ0) is 18.0. The van der Waals surface area contributed by atoms with Gasteiger partial charge in [-0.25, -0.2) is 4.98 Å². The van der Waals surface area contributed by atoms with Crippen LogP contribution in [0.25, 0.3) is 10.9 Å². The summed E-state index contributed by atoms with van der Waals surface area (Å²) in [5.41, 5.74) is 1.65. The number of hydrogen-bond acceptors (Lipinski definition) is 4. The minimum absolute atomic E-state index is 0.0159. The van der Waals surface area contributed by atoms with Crippen LogP contribution in [-0.2, 0) is 5.41 Å². The summed E-state index contributed by atoms with van der Waals surface area (Å²) in [5.74, 6) is -0.122.